The fourth-order valence-corrected chi connectivity index (χ4v) is 2.43. The summed E-state index contributed by atoms with van der Waals surface area (Å²) in [7, 11) is 0. The smallest absolute Gasteiger partial charge is 0.130 e. The van der Waals surface area contributed by atoms with E-state index >= 15 is 0 Å². The van der Waals surface area contributed by atoms with Gasteiger partial charge in [0.15, 0.2) is 0 Å². The van der Waals surface area contributed by atoms with E-state index in [0.717, 1.165) is 12.4 Å². The minimum absolute atomic E-state index is 0.316. The highest BCUT2D eigenvalue weighted by atomic mass is 35.5. The molecule has 2 rings (SSSR count). The Morgan fingerprint density at radius 2 is 2.21 bits per heavy atom. The predicted octanol–water partition coefficient (Wildman–Crippen LogP) is 3.39. The van der Waals surface area contributed by atoms with E-state index in [0.29, 0.717) is 17.1 Å². The third-order valence-corrected chi connectivity index (χ3v) is 3.37. The number of imidazole rings is 1. The average molecular weight is 282 g/mol. The maximum absolute atomic E-state index is 14.1. The summed E-state index contributed by atoms with van der Waals surface area (Å²) in [6, 6.07) is 4.39. The fraction of sp³-hybridized carbons (Fsp3) is 0.357. The first-order chi connectivity index (χ1) is 9.19. The third-order valence-electron chi connectivity index (χ3n) is 3.04. The number of hydrogen-bond donors (Lipinski definition) is 1. The van der Waals surface area contributed by atoms with Crippen molar-refractivity contribution in [3.8, 4) is 0 Å². The Labute approximate surface area is 117 Å². The molecule has 1 N–H and O–H groups in total. The third kappa shape index (κ3) is 2.80. The second kappa shape index (κ2) is 6.17. The number of aryl methyl sites for hydroxylation is 1. The number of rotatable bonds is 5. The Hall–Kier alpha value is -1.39. The van der Waals surface area contributed by atoms with Gasteiger partial charge < -0.3 is 9.88 Å². The highest BCUT2D eigenvalue weighted by molar-refractivity contribution is 6.31. The van der Waals surface area contributed by atoms with Crippen molar-refractivity contribution in [2.75, 3.05) is 6.54 Å². The van der Waals surface area contributed by atoms with Gasteiger partial charge in [-0.05, 0) is 25.6 Å². The molecule has 0 fully saturated rings. The Balaban J connectivity index is 2.52. The van der Waals surface area contributed by atoms with Crippen LogP contribution >= 0.6 is 11.6 Å². The largest absolute Gasteiger partial charge is 0.334 e. The van der Waals surface area contributed by atoms with Gasteiger partial charge in [-0.15, -0.1) is 0 Å². The van der Waals surface area contributed by atoms with Crippen LogP contribution in [0.25, 0.3) is 0 Å². The van der Waals surface area contributed by atoms with Gasteiger partial charge in [0.1, 0.15) is 11.6 Å². The fourth-order valence-electron chi connectivity index (χ4n) is 2.16. The van der Waals surface area contributed by atoms with Gasteiger partial charge in [0.25, 0.3) is 0 Å². The first-order valence-corrected chi connectivity index (χ1v) is 6.75. The molecular weight excluding hydrogens is 265 g/mol. The minimum Gasteiger partial charge on any atom is -0.334 e. The van der Waals surface area contributed by atoms with Crippen LogP contribution in [0.15, 0.2) is 30.6 Å². The molecule has 0 amide bonds. The summed E-state index contributed by atoms with van der Waals surface area (Å²) in [5, 5.41) is 3.66. The molecule has 1 atom stereocenters. The summed E-state index contributed by atoms with van der Waals surface area (Å²) >= 11 is 6.16. The van der Waals surface area contributed by atoms with Gasteiger partial charge in [0.2, 0.25) is 0 Å². The van der Waals surface area contributed by atoms with Gasteiger partial charge in [0, 0.05) is 29.5 Å². The van der Waals surface area contributed by atoms with Crippen molar-refractivity contribution in [3.63, 3.8) is 0 Å². The van der Waals surface area contributed by atoms with Crippen molar-refractivity contribution in [1.82, 2.24) is 14.9 Å². The minimum atomic E-state index is -0.339. The molecule has 1 aromatic heterocycles. The van der Waals surface area contributed by atoms with E-state index in [1.165, 1.54) is 6.07 Å². The Morgan fingerprint density at radius 1 is 1.42 bits per heavy atom. The van der Waals surface area contributed by atoms with Crippen LogP contribution in [0, 0.1) is 5.82 Å². The Kier molecular flexibility index (Phi) is 4.56. The van der Waals surface area contributed by atoms with Gasteiger partial charge in [-0.25, -0.2) is 9.37 Å². The summed E-state index contributed by atoms with van der Waals surface area (Å²) in [6.07, 6.45) is 3.60. The van der Waals surface area contributed by atoms with E-state index in [4.69, 9.17) is 11.6 Å². The normalized spacial score (nSPS) is 12.6. The standard InChI is InChI=1S/C14H17ClFN3/c1-3-17-13(14-18-8-9-19(14)4-2)12-10(15)6-5-7-11(12)16/h5-9,13,17H,3-4H2,1-2H3. The van der Waals surface area contributed by atoms with Crippen molar-refractivity contribution in [2.24, 2.45) is 0 Å². The van der Waals surface area contributed by atoms with Crippen LogP contribution in [0.4, 0.5) is 4.39 Å². The SMILES string of the molecule is CCNC(c1c(F)cccc1Cl)c1nccn1CC. The number of nitrogens with zero attached hydrogens (tertiary/aromatic N) is 2. The quantitative estimate of drug-likeness (QED) is 0.910. The molecule has 0 aliphatic rings. The van der Waals surface area contributed by atoms with Gasteiger partial charge in [-0.1, -0.05) is 24.6 Å². The molecule has 0 radical (unpaired) electrons. The molecule has 0 saturated heterocycles. The van der Waals surface area contributed by atoms with Crippen LogP contribution in [0.1, 0.15) is 31.3 Å². The van der Waals surface area contributed by atoms with Crippen molar-refractivity contribution in [1.29, 1.82) is 0 Å². The first kappa shape index (κ1) is 14.0. The van der Waals surface area contributed by atoms with E-state index < -0.39 is 0 Å². The van der Waals surface area contributed by atoms with Crippen molar-refractivity contribution < 1.29 is 4.39 Å². The summed E-state index contributed by atoms with van der Waals surface area (Å²) in [4.78, 5) is 4.34. The number of benzene rings is 1. The molecule has 19 heavy (non-hydrogen) atoms. The molecule has 0 aliphatic carbocycles. The number of halogens is 2. The molecule has 1 heterocycles. The monoisotopic (exact) mass is 281 g/mol. The molecule has 0 saturated carbocycles. The molecule has 0 aliphatic heterocycles. The topological polar surface area (TPSA) is 29.9 Å². The van der Waals surface area contributed by atoms with Gasteiger partial charge in [0.05, 0.1) is 6.04 Å². The van der Waals surface area contributed by atoms with Crippen LogP contribution in [0.5, 0.6) is 0 Å². The molecule has 1 aromatic carbocycles. The Bertz CT molecular complexity index is 533. The molecular formula is C14H17ClFN3. The lowest BCUT2D eigenvalue weighted by Crippen LogP contribution is -2.26. The van der Waals surface area contributed by atoms with Gasteiger partial charge >= 0.3 is 0 Å². The average Bonchev–Trinajstić information content (AvgIpc) is 2.85. The maximum atomic E-state index is 14.1. The lowest BCUT2D eigenvalue weighted by Gasteiger charge is -2.20. The lowest BCUT2D eigenvalue weighted by molar-refractivity contribution is 0.523. The van der Waals surface area contributed by atoms with Crippen molar-refractivity contribution in [3.05, 3.63) is 52.8 Å². The summed E-state index contributed by atoms with van der Waals surface area (Å²) in [5.41, 5.74) is 0.451. The highest BCUT2D eigenvalue weighted by Gasteiger charge is 2.23. The molecule has 5 heteroatoms. The maximum Gasteiger partial charge on any atom is 0.130 e. The summed E-state index contributed by atoms with van der Waals surface area (Å²) in [5.74, 6) is 0.459. The van der Waals surface area contributed by atoms with E-state index in [-0.39, 0.29) is 11.9 Å². The van der Waals surface area contributed by atoms with E-state index in [1.807, 2.05) is 24.6 Å². The van der Waals surface area contributed by atoms with E-state index in [2.05, 4.69) is 10.3 Å². The molecule has 0 bridgehead atoms. The van der Waals surface area contributed by atoms with Gasteiger partial charge in [-0.3, -0.25) is 0 Å². The second-order valence-electron chi connectivity index (χ2n) is 4.20. The van der Waals surface area contributed by atoms with Gasteiger partial charge in [-0.2, -0.15) is 0 Å². The van der Waals surface area contributed by atoms with Crippen LogP contribution in [-0.2, 0) is 6.54 Å². The molecule has 102 valence electrons. The predicted molar refractivity (Wildman–Crippen MR) is 74.8 cm³/mol. The second-order valence-corrected chi connectivity index (χ2v) is 4.60. The zero-order valence-corrected chi connectivity index (χ0v) is 11.8. The van der Waals surface area contributed by atoms with E-state index in [1.54, 1.807) is 18.3 Å². The first-order valence-electron chi connectivity index (χ1n) is 6.37. The van der Waals surface area contributed by atoms with E-state index in [9.17, 15) is 4.39 Å². The highest BCUT2D eigenvalue weighted by Crippen LogP contribution is 2.29. The summed E-state index contributed by atoms with van der Waals surface area (Å²) in [6.45, 7) is 5.48. The number of hydrogen-bond acceptors (Lipinski definition) is 2. The molecule has 0 spiro atoms. The van der Waals surface area contributed by atoms with Crippen LogP contribution < -0.4 is 5.32 Å². The van der Waals surface area contributed by atoms with Crippen molar-refractivity contribution in [2.45, 2.75) is 26.4 Å². The molecule has 2 aromatic rings. The van der Waals surface area contributed by atoms with Crippen LogP contribution in [-0.4, -0.2) is 16.1 Å². The zero-order chi connectivity index (χ0) is 13.8. The number of aromatic nitrogens is 2. The number of nitrogens with one attached hydrogen (secondary N) is 1. The lowest BCUT2D eigenvalue weighted by atomic mass is 10.1. The van der Waals surface area contributed by atoms with Crippen LogP contribution in [0.2, 0.25) is 5.02 Å². The molecule has 3 nitrogen and oxygen atoms in total. The molecule has 1 unspecified atom stereocenters. The summed E-state index contributed by atoms with van der Waals surface area (Å²) < 4.78 is 16.1. The zero-order valence-electron chi connectivity index (χ0n) is 11.0. The Morgan fingerprint density at radius 3 is 2.84 bits per heavy atom. The van der Waals surface area contributed by atoms with Crippen molar-refractivity contribution >= 4 is 11.6 Å². The van der Waals surface area contributed by atoms with Crippen LogP contribution in [0.3, 0.4) is 0 Å².